The molecule has 4 heteroatoms. The average molecular weight is 165 g/mol. The molecular weight excluding hydrogens is 152 g/mol. The number of carbonyl (C=O) groups excluding carboxylic acids is 1. The van der Waals surface area contributed by atoms with Crippen LogP contribution in [0.15, 0.2) is 0 Å². The van der Waals surface area contributed by atoms with Crippen LogP contribution in [0.1, 0.15) is 19.3 Å². The van der Waals surface area contributed by atoms with Crippen LogP contribution in [0, 0.1) is 5.92 Å². The first kappa shape index (κ1) is 9.72. The monoisotopic (exact) mass is 164 g/mol. The fraction of sp³-hybridized carbons (Fsp3) is 0.833. The molecule has 0 heterocycles. The van der Waals surface area contributed by atoms with E-state index in [4.69, 9.17) is 11.5 Å². The van der Waals surface area contributed by atoms with Crippen LogP contribution in [0.2, 0.25) is 0 Å². The van der Waals surface area contributed by atoms with Gasteiger partial charge in [0.05, 0.1) is 0 Å². The number of rotatable bonds is 3. The summed E-state index contributed by atoms with van der Waals surface area (Å²) in [7, 11) is 0. The van der Waals surface area contributed by atoms with Crippen LogP contribution < -0.4 is 11.5 Å². The van der Waals surface area contributed by atoms with E-state index in [2.05, 4.69) is 0 Å². The molecule has 0 saturated heterocycles. The molecule has 1 amide bonds. The predicted octanol–water partition coefficient (Wildman–Crippen LogP) is 0.0209. The van der Waals surface area contributed by atoms with Crippen molar-refractivity contribution in [3.8, 4) is 0 Å². The quantitative estimate of drug-likeness (QED) is 0.618. The Kier molecular flexibility index (Phi) is 3.68. The van der Waals surface area contributed by atoms with Gasteiger partial charge in [0, 0.05) is 12.5 Å². The minimum atomic E-state index is -0.283. The smallest absolute Gasteiger partial charge is 0.218 e. The summed E-state index contributed by atoms with van der Waals surface area (Å²) in [6.07, 6.45) is 2.70. The van der Waals surface area contributed by atoms with Crippen molar-refractivity contribution in [2.75, 3.05) is 0 Å². The summed E-state index contributed by atoms with van der Waals surface area (Å²) in [6, 6.07) is 0.0301. The highest BCUT2D eigenvalue weighted by atomic mass is 35.5. The first-order valence-corrected chi connectivity index (χ1v) is 3.24. The van der Waals surface area contributed by atoms with Gasteiger partial charge in [0.1, 0.15) is 0 Å². The Balaban J connectivity index is 0.000000810. The lowest BCUT2D eigenvalue weighted by Gasteiger charge is -2.04. The van der Waals surface area contributed by atoms with Crippen LogP contribution >= 0.6 is 12.4 Å². The van der Waals surface area contributed by atoms with Gasteiger partial charge in [0.15, 0.2) is 0 Å². The lowest BCUT2D eigenvalue weighted by Crippen LogP contribution is -2.29. The third-order valence-electron chi connectivity index (χ3n) is 1.66. The molecule has 0 spiro atoms. The molecule has 1 aliphatic rings. The highest BCUT2D eigenvalue weighted by Gasteiger charge is 2.28. The summed E-state index contributed by atoms with van der Waals surface area (Å²) in [5.41, 5.74) is 10.5. The normalized spacial score (nSPS) is 19.3. The number of hydrogen-bond acceptors (Lipinski definition) is 2. The fourth-order valence-electron chi connectivity index (χ4n) is 0.923. The fourth-order valence-corrected chi connectivity index (χ4v) is 0.923. The predicted molar refractivity (Wildman–Crippen MR) is 41.8 cm³/mol. The third-order valence-corrected chi connectivity index (χ3v) is 1.66. The molecule has 60 valence electrons. The lowest BCUT2D eigenvalue weighted by molar-refractivity contribution is -0.118. The Morgan fingerprint density at radius 2 is 2.10 bits per heavy atom. The van der Waals surface area contributed by atoms with Gasteiger partial charge in [-0.2, -0.15) is 0 Å². The molecule has 1 rings (SSSR count). The third kappa shape index (κ3) is 3.03. The number of primary amides is 1. The van der Waals surface area contributed by atoms with Crippen LogP contribution in [0.5, 0.6) is 0 Å². The van der Waals surface area contributed by atoms with Gasteiger partial charge in [0.2, 0.25) is 5.91 Å². The van der Waals surface area contributed by atoms with Crippen LogP contribution in [0.4, 0.5) is 0 Å². The summed E-state index contributed by atoms with van der Waals surface area (Å²) in [4.78, 5) is 10.3. The minimum absolute atomic E-state index is 0. The second kappa shape index (κ2) is 3.78. The summed E-state index contributed by atoms with van der Waals surface area (Å²) in [5, 5.41) is 0. The Morgan fingerprint density at radius 1 is 1.60 bits per heavy atom. The van der Waals surface area contributed by atoms with Gasteiger partial charge in [-0.15, -0.1) is 12.4 Å². The number of carbonyl (C=O) groups is 1. The summed E-state index contributed by atoms with van der Waals surface area (Å²) >= 11 is 0. The van der Waals surface area contributed by atoms with E-state index < -0.39 is 0 Å². The summed E-state index contributed by atoms with van der Waals surface area (Å²) in [6.45, 7) is 0. The lowest BCUT2D eigenvalue weighted by atomic mass is 10.1. The Bertz CT molecular complexity index is 125. The van der Waals surface area contributed by atoms with Crippen LogP contribution in [0.3, 0.4) is 0 Å². The molecule has 1 atom stereocenters. The number of nitrogens with two attached hydrogens (primary N) is 2. The van der Waals surface area contributed by atoms with Crippen molar-refractivity contribution >= 4 is 18.3 Å². The highest BCUT2D eigenvalue weighted by molar-refractivity contribution is 5.85. The summed E-state index contributed by atoms with van der Waals surface area (Å²) in [5.74, 6) is 0.298. The van der Waals surface area contributed by atoms with Gasteiger partial charge >= 0.3 is 0 Å². The molecule has 10 heavy (non-hydrogen) atoms. The van der Waals surface area contributed by atoms with Crippen LogP contribution in [0.25, 0.3) is 0 Å². The first-order valence-electron chi connectivity index (χ1n) is 3.24. The molecule has 3 nitrogen and oxygen atoms in total. The van der Waals surface area contributed by atoms with Crippen molar-refractivity contribution in [2.45, 2.75) is 25.3 Å². The molecule has 1 aliphatic carbocycles. The van der Waals surface area contributed by atoms with E-state index in [-0.39, 0.29) is 24.4 Å². The summed E-state index contributed by atoms with van der Waals surface area (Å²) < 4.78 is 0. The van der Waals surface area contributed by atoms with E-state index in [1.54, 1.807) is 0 Å². The molecule has 1 fully saturated rings. The standard InChI is InChI=1S/C6H12N2O.ClH/c7-5(3-6(8)9)4-1-2-4;/h4-5H,1-3,7H2,(H2,8,9);1H. The molecule has 0 radical (unpaired) electrons. The SMILES string of the molecule is Cl.NC(=O)CC(N)C1CC1. The largest absolute Gasteiger partial charge is 0.370 e. The zero-order chi connectivity index (χ0) is 6.85. The molecular formula is C6H13ClN2O. The zero-order valence-corrected chi connectivity index (χ0v) is 6.56. The van der Waals surface area contributed by atoms with Gasteiger partial charge in [-0.05, 0) is 18.8 Å². The zero-order valence-electron chi connectivity index (χ0n) is 5.75. The van der Waals surface area contributed by atoms with E-state index in [0.717, 1.165) is 0 Å². The maximum absolute atomic E-state index is 10.3. The average Bonchev–Trinajstić information content (AvgIpc) is 2.40. The topological polar surface area (TPSA) is 69.1 Å². The number of hydrogen-bond donors (Lipinski definition) is 2. The van der Waals surface area contributed by atoms with Crippen molar-refractivity contribution in [1.29, 1.82) is 0 Å². The highest BCUT2D eigenvalue weighted by Crippen LogP contribution is 2.32. The van der Waals surface area contributed by atoms with Gasteiger partial charge in [-0.1, -0.05) is 0 Å². The first-order chi connectivity index (χ1) is 4.20. The van der Waals surface area contributed by atoms with E-state index in [1.165, 1.54) is 12.8 Å². The Morgan fingerprint density at radius 3 is 2.40 bits per heavy atom. The molecule has 0 aromatic heterocycles. The van der Waals surface area contributed by atoms with Gasteiger partial charge < -0.3 is 11.5 Å². The van der Waals surface area contributed by atoms with Gasteiger partial charge in [0.25, 0.3) is 0 Å². The number of halogens is 1. The van der Waals surface area contributed by atoms with Crippen molar-refractivity contribution < 1.29 is 4.79 Å². The second-order valence-electron chi connectivity index (χ2n) is 2.67. The van der Waals surface area contributed by atoms with Crippen molar-refractivity contribution in [2.24, 2.45) is 17.4 Å². The van der Waals surface area contributed by atoms with Crippen molar-refractivity contribution in [1.82, 2.24) is 0 Å². The maximum atomic E-state index is 10.3. The van der Waals surface area contributed by atoms with E-state index >= 15 is 0 Å². The van der Waals surface area contributed by atoms with Gasteiger partial charge in [-0.25, -0.2) is 0 Å². The van der Waals surface area contributed by atoms with E-state index in [1.807, 2.05) is 0 Å². The molecule has 1 saturated carbocycles. The molecule has 0 bridgehead atoms. The number of amides is 1. The van der Waals surface area contributed by atoms with Crippen LogP contribution in [-0.4, -0.2) is 11.9 Å². The Hall–Kier alpha value is -0.280. The second-order valence-corrected chi connectivity index (χ2v) is 2.67. The van der Waals surface area contributed by atoms with Crippen molar-refractivity contribution in [3.63, 3.8) is 0 Å². The molecule has 0 aromatic rings. The maximum Gasteiger partial charge on any atom is 0.218 e. The minimum Gasteiger partial charge on any atom is -0.370 e. The van der Waals surface area contributed by atoms with Crippen LogP contribution in [-0.2, 0) is 4.79 Å². The van der Waals surface area contributed by atoms with Crippen molar-refractivity contribution in [3.05, 3.63) is 0 Å². The van der Waals surface area contributed by atoms with E-state index in [0.29, 0.717) is 12.3 Å². The molecule has 1 unspecified atom stereocenters. The van der Waals surface area contributed by atoms with Gasteiger partial charge in [-0.3, -0.25) is 4.79 Å². The molecule has 4 N–H and O–H groups in total. The van der Waals surface area contributed by atoms with E-state index in [9.17, 15) is 4.79 Å². The molecule has 0 aliphatic heterocycles. The molecule has 0 aromatic carbocycles. The Labute approximate surface area is 66.6 Å².